The second-order valence-corrected chi connectivity index (χ2v) is 7.28. The summed E-state index contributed by atoms with van der Waals surface area (Å²) in [6.07, 6.45) is 7.39. The fraction of sp³-hybridized carbons (Fsp3) is 0.615. The van der Waals surface area contributed by atoms with Gasteiger partial charge in [-0.3, -0.25) is 0 Å². The van der Waals surface area contributed by atoms with Gasteiger partial charge in [-0.05, 0) is 25.0 Å². The third-order valence-electron chi connectivity index (χ3n) is 3.51. The zero-order valence-electron chi connectivity index (χ0n) is 11.0. The summed E-state index contributed by atoms with van der Waals surface area (Å²) in [5.41, 5.74) is 0. The molecule has 1 fully saturated rings. The summed E-state index contributed by atoms with van der Waals surface area (Å²) < 4.78 is 23.8. The zero-order valence-corrected chi connectivity index (χ0v) is 12.6. The zero-order chi connectivity index (χ0) is 13.9. The van der Waals surface area contributed by atoms with Gasteiger partial charge in [0.25, 0.3) is 0 Å². The van der Waals surface area contributed by atoms with Crippen LogP contribution in [0.5, 0.6) is 0 Å². The maximum Gasteiger partial charge on any atom is 0.179 e. The minimum atomic E-state index is -3.27. The van der Waals surface area contributed by atoms with Gasteiger partial charge in [0.2, 0.25) is 0 Å². The second kappa shape index (κ2) is 6.09. The van der Waals surface area contributed by atoms with Gasteiger partial charge in [0.1, 0.15) is 10.7 Å². The molecule has 1 aromatic heterocycles. The summed E-state index contributed by atoms with van der Waals surface area (Å²) in [7, 11) is -3.27. The highest BCUT2D eigenvalue weighted by Gasteiger charge is 2.27. The maximum absolute atomic E-state index is 11.9. The lowest BCUT2D eigenvalue weighted by molar-refractivity contribution is 0.591. The van der Waals surface area contributed by atoms with Crippen molar-refractivity contribution < 1.29 is 8.42 Å². The van der Waals surface area contributed by atoms with Crippen molar-refractivity contribution in [3.63, 3.8) is 0 Å². The monoisotopic (exact) mass is 302 g/mol. The van der Waals surface area contributed by atoms with E-state index < -0.39 is 9.84 Å². The molecule has 4 nitrogen and oxygen atoms in total. The highest BCUT2D eigenvalue weighted by atomic mass is 35.5. The van der Waals surface area contributed by atoms with E-state index in [1.54, 1.807) is 18.3 Å². The number of rotatable bonds is 5. The summed E-state index contributed by atoms with van der Waals surface area (Å²) in [5, 5.41) is 0. The van der Waals surface area contributed by atoms with E-state index in [0.717, 1.165) is 12.8 Å². The number of sulfone groups is 1. The van der Waals surface area contributed by atoms with Crippen molar-refractivity contribution in [2.75, 3.05) is 23.6 Å². The lowest BCUT2D eigenvalue weighted by atomic mass is 10.2. The Labute approximate surface area is 119 Å². The molecule has 1 aliphatic rings. The van der Waals surface area contributed by atoms with E-state index >= 15 is 0 Å². The average Bonchev–Trinajstić information content (AvgIpc) is 2.88. The Balaban J connectivity index is 2.41. The van der Waals surface area contributed by atoms with Crippen LogP contribution in [0.4, 0.5) is 5.82 Å². The molecule has 2 rings (SSSR count). The largest absolute Gasteiger partial charge is 0.351 e. The molecule has 0 amide bonds. The van der Waals surface area contributed by atoms with Crippen LogP contribution in [0.3, 0.4) is 0 Å². The molecule has 19 heavy (non-hydrogen) atoms. The predicted octanol–water partition coefficient (Wildman–Crippen LogP) is 2.47. The van der Waals surface area contributed by atoms with Gasteiger partial charge in [-0.15, -0.1) is 11.6 Å². The van der Waals surface area contributed by atoms with Crippen molar-refractivity contribution in [3.8, 4) is 0 Å². The molecule has 1 aliphatic carbocycles. The Bertz CT molecular complexity index is 527. The molecule has 0 aliphatic heterocycles. The van der Waals surface area contributed by atoms with Crippen LogP contribution < -0.4 is 4.90 Å². The first kappa shape index (κ1) is 14.6. The number of anilines is 1. The third-order valence-corrected chi connectivity index (χ3v) is 4.80. The Morgan fingerprint density at radius 2 is 2.11 bits per heavy atom. The predicted molar refractivity (Wildman–Crippen MR) is 77.7 cm³/mol. The van der Waals surface area contributed by atoms with E-state index in [9.17, 15) is 8.42 Å². The molecule has 6 heteroatoms. The maximum atomic E-state index is 11.9. The van der Waals surface area contributed by atoms with Crippen molar-refractivity contribution in [1.82, 2.24) is 4.98 Å². The number of halogens is 1. The summed E-state index contributed by atoms with van der Waals surface area (Å²) in [6, 6.07) is 3.63. The summed E-state index contributed by atoms with van der Waals surface area (Å²) in [4.78, 5) is 6.66. The van der Waals surface area contributed by atoms with Gasteiger partial charge in [0.05, 0.1) is 0 Å². The van der Waals surface area contributed by atoms with Crippen LogP contribution in [0, 0.1) is 0 Å². The molecule has 1 saturated carbocycles. The molecule has 0 saturated heterocycles. The summed E-state index contributed by atoms with van der Waals surface area (Å²) in [6.45, 7) is 0.631. The first-order chi connectivity index (χ1) is 9.04. The second-order valence-electron chi connectivity index (χ2n) is 4.92. The van der Waals surface area contributed by atoms with E-state index in [-0.39, 0.29) is 0 Å². The topological polar surface area (TPSA) is 50.3 Å². The fourth-order valence-electron chi connectivity index (χ4n) is 2.66. The first-order valence-electron chi connectivity index (χ1n) is 6.51. The molecule has 1 aromatic rings. The molecule has 0 N–H and O–H groups in total. The first-order valence-corrected chi connectivity index (χ1v) is 8.94. The van der Waals surface area contributed by atoms with Crippen molar-refractivity contribution in [1.29, 1.82) is 0 Å². The van der Waals surface area contributed by atoms with Crippen LogP contribution in [0.2, 0.25) is 0 Å². The SMILES string of the molecule is CS(=O)(=O)c1cccnc1N(CCCl)C1CCCC1. The standard InChI is InChI=1S/C13H19ClN2O2S/c1-19(17,18)12-7-4-9-15-13(12)16(10-8-14)11-5-2-3-6-11/h4,7,9,11H,2-3,5-6,8,10H2,1H3. The molecular weight excluding hydrogens is 284 g/mol. The van der Waals surface area contributed by atoms with Gasteiger partial charge in [0, 0.05) is 30.9 Å². The van der Waals surface area contributed by atoms with Gasteiger partial charge in [-0.1, -0.05) is 12.8 Å². The molecule has 0 atom stereocenters. The Morgan fingerprint density at radius 3 is 2.68 bits per heavy atom. The minimum absolute atomic E-state index is 0.298. The van der Waals surface area contributed by atoms with Crippen LogP contribution in [-0.4, -0.2) is 38.1 Å². The number of hydrogen-bond acceptors (Lipinski definition) is 4. The molecule has 0 aromatic carbocycles. The molecule has 0 unspecified atom stereocenters. The lowest BCUT2D eigenvalue weighted by Crippen LogP contribution is -2.36. The smallest absolute Gasteiger partial charge is 0.179 e. The minimum Gasteiger partial charge on any atom is -0.351 e. The van der Waals surface area contributed by atoms with Crippen LogP contribution in [-0.2, 0) is 9.84 Å². The van der Waals surface area contributed by atoms with Gasteiger partial charge in [0.15, 0.2) is 9.84 Å². The summed E-state index contributed by atoms with van der Waals surface area (Å²) in [5.74, 6) is 1.02. The highest BCUT2D eigenvalue weighted by Crippen LogP contribution is 2.30. The molecule has 0 spiro atoms. The fourth-order valence-corrected chi connectivity index (χ4v) is 3.67. The van der Waals surface area contributed by atoms with Crippen molar-refractivity contribution in [3.05, 3.63) is 18.3 Å². The van der Waals surface area contributed by atoms with Gasteiger partial charge in [-0.2, -0.15) is 0 Å². The van der Waals surface area contributed by atoms with Crippen molar-refractivity contribution in [2.24, 2.45) is 0 Å². The molecule has 1 heterocycles. The summed E-state index contributed by atoms with van der Waals surface area (Å²) >= 11 is 5.87. The molecular formula is C13H19ClN2O2S. The third kappa shape index (κ3) is 3.39. The van der Waals surface area contributed by atoms with E-state index in [0.29, 0.717) is 29.2 Å². The van der Waals surface area contributed by atoms with Crippen molar-refractivity contribution in [2.45, 2.75) is 36.6 Å². The Kier molecular flexibility index (Phi) is 4.68. The normalized spacial score (nSPS) is 16.7. The van der Waals surface area contributed by atoms with E-state index in [2.05, 4.69) is 9.88 Å². The Morgan fingerprint density at radius 1 is 1.42 bits per heavy atom. The van der Waals surface area contributed by atoms with Gasteiger partial charge in [-0.25, -0.2) is 13.4 Å². The quantitative estimate of drug-likeness (QED) is 0.784. The highest BCUT2D eigenvalue weighted by molar-refractivity contribution is 7.90. The molecule has 0 radical (unpaired) electrons. The van der Waals surface area contributed by atoms with Crippen LogP contribution >= 0.6 is 11.6 Å². The van der Waals surface area contributed by atoms with Gasteiger partial charge >= 0.3 is 0 Å². The molecule has 0 bridgehead atoms. The van der Waals surface area contributed by atoms with Gasteiger partial charge < -0.3 is 4.90 Å². The average molecular weight is 303 g/mol. The van der Waals surface area contributed by atoms with Crippen LogP contribution in [0.25, 0.3) is 0 Å². The van der Waals surface area contributed by atoms with E-state index in [1.165, 1.54) is 19.1 Å². The van der Waals surface area contributed by atoms with Crippen molar-refractivity contribution >= 4 is 27.3 Å². The number of pyridine rings is 1. The number of hydrogen-bond donors (Lipinski definition) is 0. The molecule has 106 valence electrons. The number of nitrogens with zero attached hydrogens (tertiary/aromatic N) is 2. The van der Waals surface area contributed by atoms with E-state index in [4.69, 9.17) is 11.6 Å². The van der Waals surface area contributed by atoms with Crippen LogP contribution in [0.1, 0.15) is 25.7 Å². The lowest BCUT2D eigenvalue weighted by Gasteiger charge is -2.30. The Hall–Kier alpha value is -0.810. The van der Waals surface area contributed by atoms with E-state index in [1.807, 2.05) is 0 Å². The number of aromatic nitrogens is 1. The van der Waals surface area contributed by atoms with Crippen LogP contribution in [0.15, 0.2) is 23.2 Å². The number of alkyl halides is 1.